The quantitative estimate of drug-likeness (QED) is 0.688. The predicted molar refractivity (Wildman–Crippen MR) is 43.8 cm³/mol. The summed E-state index contributed by atoms with van der Waals surface area (Å²) in [6, 6.07) is 0. The van der Waals surface area contributed by atoms with Crippen LogP contribution < -0.4 is 0 Å². The molecule has 10 heavy (non-hydrogen) atoms. The van der Waals surface area contributed by atoms with E-state index in [0.717, 1.165) is 0 Å². The third-order valence-electron chi connectivity index (χ3n) is 0.647. The number of hydrogen-bond donors (Lipinski definition) is 1. The molecule has 0 bridgehead atoms. The van der Waals surface area contributed by atoms with E-state index in [2.05, 4.69) is 4.52 Å². The largest absolute Gasteiger partial charge is 0.325 e. The van der Waals surface area contributed by atoms with Crippen molar-refractivity contribution >= 4 is 20.0 Å². The van der Waals surface area contributed by atoms with E-state index in [9.17, 15) is 4.57 Å². The van der Waals surface area contributed by atoms with Crippen LogP contribution in [-0.4, -0.2) is 18.2 Å². The average Bonchev–Trinajstić information content (AvgIpc) is 1.59. The molecule has 0 aliphatic carbocycles. The molecule has 0 amide bonds. The van der Waals surface area contributed by atoms with Crippen LogP contribution in [0, 0.1) is 5.92 Å². The fourth-order valence-corrected chi connectivity index (χ4v) is 0.862. The lowest BCUT2D eigenvalue weighted by Gasteiger charge is -2.07. The number of rotatable bonds is 3. The monoisotopic (exact) mass is 188 g/mol. The summed E-state index contributed by atoms with van der Waals surface area (Å²) in [6.45, 7) is 5.39. The first-order valence-corrected chi connectivity index (χ1v) is 4.89. The second-order valence-corrected chi connectivity index (χ2v) is 4.36. The summed E-state index contributed by atoms with van der Waals surface area (Å²) in [4.78, 5) is 8.60. The van der Waals surface area contributed by atoms with Gasteiger partial charge in [-0.25, -0.2) is 0 Å². The van der Waals surface area contributed by atoms with Crippen molar-refractivity contribution in [3.63, 3.8) is 0 Å². The molecule has 0 saturated carbocycles. The maximum absolute atomic E-state index is 10.5. The maximum Gasteiger partial charge on any atom is 0.325 e. The molecular formula is C5H14ClO3P. The van der Waals surface area contributed by atoms with Crippen molar-refractivity contribution < 1.29 is 14.0 Å². The lowest BCUT2D eigenvalue weighted by atomic mass is 10.2. The maximum atomic E-state index is 10.5. The van der Waals surface area contributed by atoms with Crippen LogP contribution in [0.2, 0.25) is 0 Å². The van der Waals surface area contributed by atoms with E-state index in [4.69, 9.17) is 4.89 Å². The molecule has 1 N–H and O–H groups in total. The van der Waals surface area contributed by atoms with Crippen LogP contribution in [0.3, 0.4) is 0 Å². The Morgan fingerprint density at radius 3 is 2.10 bits per heavy atom. The lowest BCUT2D eigenvalue weighted by Crippen LogP contribution is -1.98. The molecule has 0 aromatic heterocycles. The Balaban J connectivity index is 0. The number of hydrogen-bond acceptors (Lipinski definition) is 2. The van der Waals surface area contributed by atoms with Crippen LogP contribution in [0.1, 0.15) is 13.8 Å². The SMILES string of the molecule is CC(C)COP(C)(=O)O.Cl. The summed E-state index contributed by atoms with van der Waals surface area (Å²) >= 11 is 0. The van der Waals surface area contributed by atoms with Crippen LogP contribution in [0.4, 0.5) is 0 Å². The van der Waals surface area contributed by atoms with E-state index in [1.54, 1.807) is 0 Å². The van der Waals surface area contributed by atoms with Gasteiger partial charge < -0.3 is 9.42 Å². The van der Waals surface area contributed by atoms with Gasteiger partial charge in [0.05, 0.1) is 6.61 Å². The Kier molecular flexibility index (Phi) is 6.71. The minimum Gasteiger partial charge on any atom is -0.324 e. The highest BCUT2D eigenvalue weighted by Gasteiger charge is 2.09. The van der Waals surface area contributed by atoms with E-state index >= 15 is 0 Å². The molecule has 0 rings (SSSR count). The summed E-state index contributed by atoms with van der Waals surface area (Å²) < 4.78 is 15.1. The lowest BCUT2D eigenvalue weighted by molar-refractivity contribution is 0.233. The van der Waals surface area contributed by atoms with Crippen molar-refractivity contribution in [1.29, 1.82) is 0 Å². The molecule has 0 heterocycles. The van der Waals surface area contributed by atoms with Crippen molar-refractivity contribution in [3.8, 4) is 0 Å². The predicted octanol–water partition coefficient (Wildman–Crippen LogP) is 1.90. The molecule has 1 atom stereocenters. The van der Waals surface area contributed by atoms with Crippen LogP contribution in [0.25, 0.3) is 0 Å². The summed E-state index contributed by atoms with van der Waals surface area (Å²) in [5, 5.41) is 0. The van der Waals surface area contributed by atoms with E-state index in [1.165, 1.54) is 6.66 Å². The highest BCUT2D eigenvalue weighted by Crippen LogP contribution is 2.36. The van der Waals surface area contributed by atoms with Crippen LogP contribution in [-0.2, 0) is 9.09 Å². The Hall–Kier alpha value is 0.440. The Morgan fingerprint density at radius 2 is 2.00 bits per heavy atom. The second-order valence-electron chi connectivity index (χ2n) is 2.49. The van der Waals surface area contributed by atoms with Crippen molar-refractivity contribution in [2.45, 2.75) is 13.8 Å². The molecule has 1 unspecified atom stereocenters. The van der Waals surface area contributed by atoms with E-state index in [-0.39, 0.29) is 12.4 Å². The number of halogens is 1. The molecule has 0 radical (unpaired) electrons. The topological polar surface area (TPSA) is 46.5 Å². The summed E-state index contributed by atoms with van der Waals surface area (Å²) in [7, 11) is -3.22. The molecule has 0 aromatic carbocycles. The van der Waals surface area contributed by atoms with Gasteiger partial charge in [-0.2, -0.15) is 0 Å². The minimum absolute atomic E-state index is 0. The zero-order valence-electron chi connectivity index (χ0n) is 6.40. The van der Waals surface area contributed by atoms with Crippen LogP contribution >= 0.6 is 20.0 Å². The van der Waals surface area contributed by atoms with Crippen molar-refractivity contribution in [1.82, 2.24) is 0 Å². The summed E-state index contributed by atoms with van der Waals surface area (Å²) in [5.74, 6) is 0.311. The molecule has 0 aromatic rings. The van der Waals surface area contributed by atoms with Gasteiger partial charge in [0.25, 0.3) is 0 Å². The second kappa shape index (κ2) is 5.14. The summed E-state index contributed by atoms with van der Waals surface area (Å²) in [5.41, 5.74) is 0. The first kappa shape index (κ1) is 13.1. The van der Waals surface area contributed by atoms with Gasteiger partial charge in [0, 0.05) is 6.66 Å². The molecule has 64 valence electrons. The molecule has 0 aliphatic heterocycles. The molecule has 3 nitrogen and oxygen atoms in total. The van der Waals surface area contributed by atoms with E-state index in [1.807, 2.05) is 13.8 Å². The van der Waals surface area contributed by atoms with Crippen molar-refractivity contribution in [3.05, 3.63) is 0 Å². The van der Waals surface area contributed by atoms with Gasteiger partial charge >= 0.3 is 7.60 Å². The summed E-state index contributed by atoms with van der Waals surface area (Å²) in [6.07, 6.45) is 0. The van der Waals surface area contributed by atoms with Gasteiger partial charge in [-0.05, 0) is 5.92 Å². The van der Waals surface area contributed by atoms with E-state index in [0.29, 0.717) is 12.5 Å². The Morgan fingerprint density at radius 1 is 1.60 bits per heavy atom. The zero-order valence-corrected chi connectivity index (χ0v) is 8.11. The minimum atomic E-state index is -3.22. The molecule has 0 saturated heterocycles. The Bertz CT molecular complexity index is 120. The van der Waals surface area contributed by atoms with Gasteiger partial charge in [0.1, 0.15) is 0 Å². The highest BCUT2D eigenvalue weighted by atomic mass is 35.5. The zero-order chi connectivity index (χ0) is 7.49. The van der Waals surface area contributed by atoms with Crippen LogP contribution in [0.15, 0.2) is 0 Å². The molecule has 0 aliphatic rings. The van der Waals surface area contributed by atoms with E-state index < -0.39 is 7.60 Å². The molecule has 5 heteroatoms. The third kappa shape index (κ3) is 11.3. The molecular weight excluding hydrogens is 174 g/mol. The normalized spacial score (nSPS) is 16.1. The highest BCUT2D eigenvalue weighted by molar-refractivity contribution is 7.51. The standard InChI is InChI=1S/C5H13O3P.ClH/c1-5(2)4-8-9(3,6)7;/h5H,4H2,1-3H3,(H,6,7);1H. The fourth-order valence-electron chi connectivity index (χ4n) is 0.287. The fraction of sp³-hybridized carbons (Fsp3) is 1.00. The average molecular weight is 189 g/mol. The van der Waals surface area contributed by atoms with Crippen molar-refractivity contribution in [2.24, 2.45) is 5.92 Å². The first-order chi connectivity index (χ1) is 3.92. The van der Waals surface area contributed by atoms with Gasteiger partial charge in [0.15, 0.2) is 0 Å². The van der Waals surface area contributed by atoms with Gasteiger partial charge in [-0.15, -0.1) is 12.4 Å². The van der Waals surface area contributed by atoms with Crippen molar-refractivity contribution in [2.75, 3.05) is 13.3 Å². The first-order valence-electron chi connectivity index (χ1n) is 2.86. The molecule has 0 fully saturated rings. The van der Waals surface area contributed by atoms with Crippen LogP contribution in [0.5, 0.6) is 0 Å². The Labute approximate surface area is 67.7 Å². The smallest absolute Gasteiger partial charge is 0.324 e. The third-order valence-corrected chi connectivity index (χ3v) is 1.28. The van der Waals surface area contributed by atoms with Gasteiger partial charge in [-0.1, -0.05) is 13.8 Å². The van der Waals surface area contributed by atoms with Gasteiger partial charge in [0.2, 0.25) is 0 Å². The van der Waals surface area contributed by atoms with Gasteiger partial charge in [-0.3, -0.25) is 4.57 Å². The molecule has 0 spiro atoms.